The first-order valence-corrected chi connectivity index (χ1v) is 11.1. The van der Waals surface area contributed by atoms with Gasteiger partial charge in [-0.3, -0.25) is 14.5 Å². The Morgan fingerprint density at radius 3 is 2.60 bits per heavy atom. The van der Waals surface area contributed by atoms with Crippen LogP contribution in [0.2, 0.25) is 0 Å². The Kier molecular flexibility index (Phi) is 6.46. The SMILES string of the molecule is COc1ccc(CC(=O)N2C[C@@H]3CCCCN(CC(=O)NC4CC4)[C@@H]3C2)cc1OC. The van der Waals surface area contributed by atoms with Crippen LogP contribution in [0.25, 0.3) is 0 Å². The lowest BCUT2D eigenvalue weighted by Gasteiger charge is -2.29. The van der Waals surface area contributed by atoms with E-state index >= 15 is 0 Å². The molecular formula is C23H33N3O4. The van der Waals surface area contributed by atoms with Gasteiger partial charge in [-0.1, -0.05) is 12.5 Å². The molecule has 0 radical (unpaired) electrons. The second kappa shape index (κ2) is 9.25. The Balaban J connectivity index is 1.38. The molecule has 1 N–H and O–H groups in total. The van der Waals surface area contributed by atoms with Crippen LogP contribution in [-0.4, -0.2) is 74.1 Å². The quantitative estimate of drug-likeness (QED) is 0.736. The summed E-state index contributed by atoms with van der Waals surface area (Å²) < 4.78 is 10.6. The van der Waals surface area contributed by atoms with Crippen molar-refractivity contribution in [3.05, 3.63) is 23.8 Å². The Hall–Kier alpha value is -2.28. The number of hydrogen-bond donors (Lipinski definition) is 1. The van der Waals surface area contributed by atoms with Crippen molar-refractivity contribution >= 4 is 11.8 Å². The summed E-state index contributed by atoms with van der Waals surface area (Å²) in [6.45, 7) is 2.90. The van der Waals surface area contributed by atoms with Crippen molar-refractivity contribution in [3.8, 4) is 11.5 Å². The van der Waals surface area contributed by atoms with E-state index in [0.717, 1.165) is 44.3 Å². The van der Waals surface area contributed by atoms with Crippen molar-refractivity contribution in [2.24, 2.45) is 5.92 Å². The van der Waals surface area contributed by atoms with Gasteiger partial charge in [0.15, 0.2) is 11.5 Å². The molecular weight excluding hydrogens is 382 g/mol. The van der Waals surface area contributed by atoms with Gasteiger partial charge in [0, 0.05) is 25.2 Å². The van der Waals surface area contributed by atoms with Crippen LogP contribution in [0.4, 0.5) is 0 Å². The molecule has 7 nitrogen and oxygen atoms in total. The zero-order valence-electron chi connectivity index (χ0n) is 18.1. The van der Waals surface area contributed by atoms with Crippen LogP contribution < -0.4 is 14.8 Å². The fourth-order valence-corrected chi connectivity index (χ4v) is 4.80. The summed E-state index contributed by atoms with van der Waals surface area (Å²) in [4.78, 5) is 29.7. The molecule has 1 aromatic rings. The molecule has 30 heavy (non-hydrogen) atoms. The summed E-state index contributed by atoms with van der Waals surface area (Å²) in [5.74, 6) is 2.03. The topological polar surface area (TPSA) is 71.1 Å². The predicted octanol–water partition coefficient (Wildman–Crippen LogP) is 1.84. The van der Waals surface area contributed by atoms with Gasteiger partial charge in [-0.15, -0.1) is 0 Å². The number of carbonyl (C=O) groups excluding carboxylic acids is 2. The smallest absolute Gasteiger partial charge is 0.234 e. The molecule has 0 aromatic heterocycles. The van der Waals surface area contributed by atoms with Crippen LogP contribution in [0.5, 0.6) is 11.5 Å². The first-order valence-electron chi connectivity index (χ1n) is 11.1. The molecule has 1 aromatic carbocycles. The van der Waals surface area contributed by atoms with Gasteiger partial charge in [0.2, 0.25) is 11.8 Å². The number of nitrogens with one attached hydrogen (secondary N) is 1. The molecule has 1 saturated carbocycles. The van der Waals surface area contributed by atoms with E-state index in [1.807, 2.05) is 23.1 Å². The highest BCUT2D eigenvalue weighted by Gasteiger charge is 2.40. The highest BCUT2D eigenvalue weighted by Crippen LogP contribution is 2.31. The molecule has 2 aliphatic heterocycles. The van der Waals surface area contributed by atoms with Crippen molar-refractivity contribution in [2.45, 2.75) is 50.6 Å². The van der Waals surface area contributed by atoms with E-state index in [1.165, 1.54) is 6.42 Å². The fourth-order valence-electron chi connectivity index (χ4n) is 4.80. The summed E-state index contributed by atoms with van der Waals surface area (Å²) in [6, 6.07) is 6.31. The minimum absolute atomic E-state index is 0.133. The van der Waals surface area contributed by atoms with Crippen LogP contribution >= 0.6 is 0 Å². The van der Waals surface area contributed by atoms with Crippen LogP contribution in [0.3, 0.4) is 0 Å². The highest BCUT2D eigenvalue weighted by molar-refractivity contribution is 5.80. The summed E-state index contributed by atoms with van der Waals surface area (Å²) >= 11 is 0. The minimum atomic E-state index is 0.133. The average Bonchev–Trinajstić information content (AvgIpc) is 3.48. The molecule has 2 atom stereocenters. The number of ether oxygens (including phenoxy) is 2. The Bertz CT molecular complexity index is 780. The Labute approximate surface area is 178 Å². The number of amides is 2. The van der Waals surface area contributed by atoms with Gasteiger partial charge in [-0.25, -0.2) is 0 Å². The van der Waals surface area contributed by atoms with Crippen LogP contribution in [0.15, 0.2) is 18.2 Å². The van der Waals surface area contributed by atoms with Gasteiger partial charge in [0.1, 0.15) is 0 Å². The normalized spacial score (nSPS) is 24.1. The molecule has 3 aliphatic rings. The molecule has 2 heterocycles. The van der Waals surface area contributed by atoms with Gasteiger partial charge >= 0.3 is 0 Å². The van der Waals surface area contributed by atoms with Crippen molar-refractivity contribution in [2.75, 3.05) is 40.4 Å². The van der Waals surface area contributed by atoms with Crippen molar-refractivity contribution < 1.29 is 19.1 Å². The number of carbonyl (C=O) groups is 2. The molecule has 2 amide bonds. The molecule has 4 rings (SSSR count). The summed E-state index contributed by atoms with van der Waals surface area (Å²) in [7, 11) is 3.21. The number of rotatable bonds is 7. The third kappa shape index (κ3) is 4.89. The third-order valence-electron chi connectivity index (χ3n) is 6.59. The molecule has 1 aliphatic carbocycles. The number of benzene rings is 1. The van der Waals surface area contributed by atoms with Gasteiger partial charge in [-0.05, 0) is 55.8 Å². The van der Waals surface area contributed by atoms with Gasteiger partial charge in [0.05, 0.1) is 27.2 Å². The first-order chi connectivity index (χ1) is 14.6. The highest BCUT2D eigenvalue weighted by atomic mass is 16.5. The van der Waals surface area contributed by atoms with E-state index < -0.39 is 0 Å². The van der Waals surface area contributed by atoms with Crippen LogP contribution in [-0.2, 0) is 16.0 Å². The molecule has 7 heteroatoms. The predicted molar refractivity (Wildman–Crippen MR) is 114 cm³/mol. The van der Waals surface area contributed by atoms with E-state index in [0.29, 0.717) is 43.0 Å². The van der Waals surface area contributed by atoms with Gasteiger partial charge in [-0.2, -0.15) is 0 Å². The zero-order chi connectivity index (χ0) is 21.1. The molecule has 2 saturated heterocycles. The van der Waals surface area contributed by atoms with E-state index in [2.05, 4.69) is 10.2 Å². The maximum Gasteiger partial charge on any atom is 0.234 e. The maximum absolute atomic E-state index is 13.0. The zero-order valence-corrected chi connectivity index (χ0v) is 18.1. The Morgan fingerprint density at radius 1 is 1.07 bits per heavy atom. The largest absolute Gasteiger partial charge is 0.493 e. The second-order valence-electron chi connectivity index (χ2n) is 8.80. The molecule has 164 valence electrons. The number of methoxy groups -OCH3 is 2. The number of nitrogens with zero attached hydrogens (tertiary/aromatic N) is 2. The van der Waals surface area contributed by atoms with Gasteiger partial charge in [0.25, 0.3) is 0 Å². The van der Waals surface area contributed by atoms with E-state index in [4.69, 9.17) is 9.47 Å². The summed E-state index contributed by atoms with van der Waals surface area (Å²) in [5.41, 5.74) is 0.922. The number of fused-ring (bicyclic) bond motifs is 1. The minimum Gasteiger partial charge on any atom is -0.493 e. The van der Waals surface area contributed by atoms with E-state index in [9.17, 15) is 9.59 Å². The van der Waals surface area contributed by atoms with Crippen molar-refractivity contribution in [3.63, 3.8) is 0 Å². The molecule has 0 bridgehead atoms. The lowest BCUT2D eigenvalue weighted by atomic mass is 9.98. The average molecular weight is 416 g/mol. The monoisotopic (exact) mass is 415 g/mol. The van der Waals surface area contributed by atoms with E-state index in [-0.39, 0.29) is 17.9 Å². The number of likely N-dealkylation sites (tertiary alicyclic amines) is 2. The van der Waals surface area contributed by atoms with Gasteiger partial charge < -0.3 is 19.7 Å². The maximum atomic E-state index is 13.0. The third-order valence-corrected chi connectivity index (χ3v) is 6.59. The van der Waals surface area contributed by atoms with E-state index in [1.54, 1.807) is 14.2 Å². The second-order valence-corrected chi connectivity index (χ2v) is 8.80. The van der Waals surface area contributed by atoms with Crippen molar-refractivity contribution in [1.29, 1.82) is 0 Å². The summed E-state index contributed by atoms with van der Waals surface area (Å²) in [5, 5.41) is 3.10. The first kappa shape index (κ1) is 21.0. The van der Waals surface area contributed by atoms with Crippen LogP contribution in [0.1, 0.15) is 37.7 Å². The standard InChI is InChI=1S/C23H33N3O4/c1-29-20-9-6-16(11-21(20)30-2)12-23(28)26-13-17-5-3-4-10-25(19(17)14-26)15-22(27)24-18-7-8-18/h6,9,11,17-19H,3-5,7-8,10,12-15H2,1-2H3,(H,24,27)/t17-,19+/m0/s1. The molecule has 3 fully saturated rings. The molecule has 0 spiro atoms. The fraction of sp³-hybridized carbons (Fsp3) is 0.652. The lowest BCUT2D eigenvalue weighted by molar-refractivity contribution is -0.129. The van der Waals surface area contributed by atoms with Crippen LogP contribution in [0, 0.1) is 5.92 Å². The number of hydrogen-bond acceptors (Lipinski definition) is 5. The Morgan fingerprint density at radius 2 is 1.87 bits per heavy atom. The lowest BCUT2D eigenvalue weighted by Crippen LogP contribution is -2.46. The molecule has 0 unspecified atom stereocenters. The summed E-state index contributed by atoms with van der Waals surface area (Å²) in [6.07, 6.45) is 5.99. The van der Waals surface area contributed by atoms with Crippen molar-refractivity contribution in [1.82, 2.24) is 15.1 Å².